The van der Waals surface area contributed by atoms with E-state index < -0.39 is 9.84 Å². The van der Waals surface area contributed by atoms with Crippen molar-refractivity contribution in [3.05, 3.63) is 58.9 Å². The molecular weight excluding hydrogens is 472 g/mol. The molecule has 0 radical (unpaired) electrons. The number of nitrogens with one attached hydrogen (secondary N) is 1. The first kappa shape index (κ1) is 24.1. The quantitative estimate of drug-likeness (QED) is 0.449. The van der Waals surface area contributed by atoms with Crippen molar-refractivity contribution in [3.8, 4) is 5.75 Å². The van der Waals surface area contributed by atoms with Gasteiger partial charge in [0.1, 0.15) is 17.3 Å². The van der Waals surface area contributed by atoms with Gasteiger partial charge in [0.05, 0.1) is 23.4 Å². The van der Waals surface area contributed by atoms with Crippen LogP contribution in [-0.2, 0) is 26.9 Å². The van der Waals surface area contributed by atoms with Gasteiger partial charge in [-0.05, 0) is 37.6 Å². The second-order valence-electron chi connectivity index (χ2n) is 6.85. The fourth-order valence-electron chi connectivity index (χ4n) is 2.98. The number of benzene rings is 2. The molecule has 0 aliphatic heterocycles. The Morgan fingerprint density at radius 2 is 1.94 bits per heavy atom. The normalized spacial score (nSPS) is 11.4. The van der Waals surface area contributed by atoms with Crippen LogP contribution in [0.4, 0.5) is 5.69 Å². The zero-order chi connectivity index (χ0) is 23.3. The van der Waals surface area contributed by atoms with Crippen LogP contribution in [-0.4, -0.2) is 42.0 Å². The summed E-state index contributed by atoms with van der Waals surface area (Å²) >= 11 is 7.28. The highest BCUT2D eigenvalue weighted by Gasteiger charge is 2.21. The number of nitrogens with zero attached hydrogens (tertiary/aromatic N) is 3. The largest absolute Gasteiger partial charge is 0.495 e. The van der Waals surface area contributed by atoms with Gasteiger partial charge in [-0.3, -0.25) is 4.79 Å². The van der Waals surface area contributed by atoms with Crippen molar-refractivity contribution in [3.63, 3.8) is 0 Å². The number of ether oxygens (including phenoxy) is 1. The van der Waals surface area contributed by atoms with Crippen LogP contribution in [0.25, 0.3) is 0 Å². The van der Waals surface area contributed by atoms with Crippen molar-refractivity contribution in [2.75, 3.05) is 18.2 Å². The molecule has 0 aliphatic carbocycles. The lowest BCUT2D eigenvalue weighted by Gasteiger charge is -2.12. The van der Waals surface area contributed by atoms with E-state index >= 15 is 0 Å². The van der Waals surface area contributed by atoms with Gasteiger partial charge in [0.2, 0.25) is 5.91 Å². The summed E-state index contributed by atoms with van der Waals surface area (Å²) in [5, 5.41) is 12.0. The van der Waals surface area contributed by atoms with E-state index in [1.165, 1.54) is 18.9 Å². The topological polar surface area (TPSA) is 103 Å². The fourth-order valence-corrected chi connectivity index (χ4v) is 5.24. The minimum absolute atomic E-state index is 0.0639. The van der Waals surface area contributed by atoms with Gasteiger partial charge >= 0.3 is 0 Å². The number of methoxy groups -OCH3 is 1. The second-order valence-corrected chi connectivity index (χ2v) is 10.2. The monoisotopic (exact) mass is 494 g/mol. The molecule has 8 nitrogen and oxygen atoms in total. The minimum Gasteiger partial charge on any atom is -0.495 e. The first-order valence-corrected chi connectivity index (χ1v) is 12.7. The van der Waals surface area contributed by atoms with Gasteiger partial charge in [0.25, 0.3) is 0 Å². The molecule has 1 amide bonds. The van der Waals surface area contributed by atoms with Crippen LogP contribution in [0.2, 0.25) is 5.02 Å². The van der Waals surface area contributed by atoms with Gasteiger partial charge in [-0.25, -0.2) is 8.42 Å². The van der Waals surface area contributed by atoms with Gasteiger partial charge in [0, 0.05) is 17.6 Å². The Morgan fingerprint density at radius 1 is 1.22 bits per heavy atom. The van der Waals surface area contributed by atoms with E-state index in [0.717, 1.165) is 5.56 Å². The summed E-state index contributed by atoms with van der Waals surface area (Å²) in [6.07, 6.45) is 0. The summed E-state index contributed by atoms with van der Waals surface area (Å²) in [5.41, 5.74) is 1.33. The Labute approximate surface area is 196 Å². The van der Waals surface area contributed by atoms with E-state index in [9.17, 15) is 13.2 Å². The van der Waals surface area contributed by atoms with Crippen LogP contribution < -0.4 is 10.1 Å². The van der Waals surface area contributed by atoms with E-state index in [1.807, 2.05) is 13.8 Å². The lowest BCUT2D eigenvalue weighted by atomic mass is 10.2. The number of aromatic nitrogens is 3. The Kier molecular flexibility index (Phi) is 7.81. The molecule has 11 heteroatoms. The molecule has 1 aromatic heterocycles. The van der Waals surface area contributed by atoms with Crippen molar-refractivity contribution >= 4 is 44.8 Å². The third-order valence-corrected chi connectivity index (χ3v) is 7.62. The molecule has 0 atom stereocenters. The molecule has 0 unspecified atom stereocenters. The van der Waals surface area contributed by atoms with Crippen molar-refractivity contribution in [2.45, 2.75) is 36.2 Å². The van der Waals surface area contributed by atoms with E-state index in [-0.39, 0.29) is 22.3 Å². The summed E-state index contributed by atoms with van der Waals surface area (Å²) < 4.78 is 32.4. The predicted molar refractivity (Wildman–Crippen MR) is 125 cm³/mol. The number of hydrogen-bond acceptors (Lipinski definition) is 7. The first-order chi connectivity index (χ1) is 15.2. The third-order valence-electron chi connectivity index (χ3n) is 4.62. The highest BCUT2D eigenvalue weighted by Crippen LogP contribution is 2.31. The standard InChI is InChI=1S/C21H23ClN4O4S2/c1-4-26-19(13-32(28,29)15-8-6-5-7-9-15)24-25-21(26)31-12-20(27)23-17-10-14(2)16(22)11-18(17)30-3/h5-11H,4,12-13H2,1-3H3,(H,23,27). The number of anilines is 1. The number of carbonyl (C=O) groups is 1. The molecule has 170 valence electrons. The van der Waals surface area contributed by atoms with Crippen LogP contribution in [0.1, 0.15) is 18.3 Å². The van der Waals surface area contributed by atoms with Gasteiger partial charge in [-0.1, -0.05) is 41.6 Å². The molecule has 0 saturated carbocycles. The van der Waals surface area contributed by atoms with Crippen LogP contribution in [0.15, 0.2) is 52.5 Å². The average Bonchev–Trinajstić information content (AvgIpc) is 3.16. The van der Waals surface area contributed by atoms with Crippen molar-refractivity contribution in [1.82, 2.24) is 14.8 Å². The summed E-state index contributed by atoms with van der Waals surface area (Å²) in [5.74, 6) is 0.317. The van der Waals surface area contributed by atoms with Crippen LogP contribution in [0.5, 0.6) is 5.75 Å². The molecule has 0 aliphatic rings. The highest BCUT2D eigenvalue weighted by atomic mass is 35.5. The number of hydrogen-bond donors (Lipinski definition) is 1. The molecule has 0 saturated heterocycles. The fraction of sp³-hybridized carbons (Fsp3) is 0.286. The van der Waals surface area contributed by atoms with Gasteiger partial charge < -0.3 is 14.6 Å². The number of carbonyl (C=O) groups excluding carboxylic acids is 1. The zero-order valence-corrected chi connectivity index (χ0v) is 20.2. The molecule has 0 bridgehead atoms. The number of sulfone groups is 1. The third kappa shape index (κ3) is 5.62. The summed E-state index contributed by atoms with van der Waals surface area (Å²) in [7, 11) is -2.06. The van der Waals surface area contributed by atoms with E-state index in [4.69, 9.17) is 16.3 Å². The summed E-state index contributed by atoms with van der Waals surface area (Å²) in [6, 6.07) is 11.6. The SMILES string of the molecule is CCn1c(CS(=O)(=O)c2ccccc2)nnc1SCC(=O)Nc1cc(C)c(Cl)cc1OC. The second kappa shape index (κ2) is 10.4. The van der Waals surface area contributed by atoms with Gasteiger partial charge in [-0.2, -0.15) is 0 Å². The number of rotatable bonds is 9. The Bertz CT molecular complexity index is 1210. The number of amides is 1. The molecule has 2 aromatic carbocycles. The zero-order valence-electron chi connectivity index (χ0n) is 17.8. The maximum atomic E-state index is 12.7. The van der Waals surface area contributed by atoms with Gasteiger partial charge in [-0.15, -0.1) is 10.2 Å². The number of thioether (sulfide) groups is 1. The van der Waals surface area contributed by atoms with Crippen molar-refractivity contribution < 1.29 is 17.9 Å². The highest BCUT2D eigenvalue weighted by molar-refractivity contribution is 7.99. The molecule has 1 N–H and O–H groups in total. The molecule has 0 spiro atoms. The molecule has 3 aromatic rings. The van der Waals surface area contributed by atoms with Crippen LogP contribution in [0.3, 0.4) is 0 Å². The summed E-state index contributed by atoms with van der Waals surface area (Å²) in [6.45, 7) is 4.18. The van der Waals surface area contributed by atoms with E-state index in [1.54, 1.807) is 47.0 Å². The first-order valence-electron chi connectivity index (χ1n) is 9.71. The average molecular weight is 495 g/mol. The lowest BCUT2D eigenvalue weighted by Crippen LogP contribution is -2.16. The maximum absolute atomic E-state index is 12.7. The minimum atomic E-state index is -3.56. The predicted octanol–water partition coefficient (Wildman–Crippen LogP) is 3.97. The van der Waals surface area contributed by atoms with E-state index in [2.05, 4.69) is 15.5 Å². The maximum Gasteiger partial charge on any atom is 0.234 e. The van der Waals surface area contributed by atoms with Crippen molar-refractivity contribution in [1.29, 1.82) is 0 Å². The van der Waals surface area contributed by atoms with Crippen LogP contribution >= 0.6 is 23.4 Å². The Morgan fingerprint density at radius 3 is 2.59 bits per heavy atom. The number of halogens is 1. The van der Waals surface area contributed by atoms with Crippen molar-refractivity contribution in [2.24, 2.45) is 0 Å². The Balaban J connectivity index is 1.69. The molecular formula is C21H23ClN4O4S2. The lowest BCUT2D eigenvalue weighted by molar-refractivity contribution is -0.113. The molecule has 3 rings (SSSR count). The smallest absolute Gasteiger partial charge is 0.234 e. The summed E-state index contributed by atoms with van der Waals surface area (Å²) in [4.78, 5) is 12.7. The van der Waals surface area contributed by atoms with E-state index in [0.29, 0.717) is 34.0 Å². The molecule has 32 heavy (non-hydrogen) atoms. The Hall–Kier alpha value is -2.56. The van der Waals surface area contributed by atoms with Crippen LogP contribution in [0, 0.1) is 6.92 Å². The molecule has 1 heterocycles. The van der Waals surface area contributed by atoms with Gasteiger partial charge in [0.15, 0.2) is 15.0 Å². The number of aryl methyl sites for hydroxylation is 1. The molecule has 0 fully saturated rings.